The lowest BCUT2D eigenvalue weighted by molar-refractivity contribution is 0.0729. The third kappa shape index (κ3) is 4.95. The summed E-state index contributed by atoms with van der Waals surface area (Å²) in [4.78, 5) is 12.3. The zero-order chi connectivity index (χ0) is 19.1. The van der Waals surface area contributed by atoms with E-state index in [0.717, 1.165) is 16.8 Å². The molecule has 0 aliphatic heterocycles. The highest BCUT2D eigenvalue weighted by atomic mass is 16.6. The van der Waals surface area contributed by atoms with Gasteiger partial charge in [0.1, 0.15) is 0 Å². The summed E-state index contributed by atoms with van der Waals surface area (Å²) in [6, 6.07) is 22.1. The standard InChI is InChI=1S/C22H20N2O3/c1-16-7-6-8-18(13-16)22(25)27-20-12-11-17(14-21(20)26-2)15-23-24-19-9-4-3-5-10-19/h3-15,24H,1-2H3. The van der Waals surface area contributed by atoms with Gasteiger partial charge < -0.3 is 9.47 Å². The Balaban J connectivity index is 1.71. The largest absolute Gasteiger partial charge is 0.493 e. The van der Waals surface area contributed by atoms with Crippen molar-refractivity contribution in [3.63, 3.8) is 0 Å². The molecule has 0 saturated carbocycles. The maximum atomic E-state index is 12.3. The Morgan fingerprint density at radius 1 is 0.963 bits per heavy atom. The van der Waals surface area contributed by atoms with Crippen molar-refractivity contribution >= 4 is 17.9 Å². The number of carbonyl (C=O) groups is 1. The lowest BCUT2D eigenvalue weighted by Crippen LogP contribution is -2.09. The molecule has 27 heavy (non-hydrogen) atoms. The second-order valence-corrected chi connectivity index (χ2v) is 5.91. The minimum atomic E-state index is -0.427. The summed E-state index contributed by atoms with van der Waals surface area (Å²) in [6.07, 6.45) is 1.67. The molecular formula is C22H20N2O3. The van der Waals surface area contributed by atoms with Gasteiger partial charge in [0.15, 0.2) is 11.5 Å². The van der Waals surface area contributed by atoms with Gasteiger partial charge >= 0.3 is 5.97 Å². The van der Waals surface area contributed by atoms with Crippen LogP contribution in [0, 0.1) is 6.92 Å². The Kier molecular flexibility index (Phi) is 5.84. The summed E-state index contributed by atoms with van der Waals surface area (Å²) < 4.78 is 10.8. The minimum Gasteiger partial charge on any atom is -0.493 e. The van der Waals surface area contributed by atoms with Crippen molar-refractivity contribution in [1.82, 2.24) is 0 Å². The van der Waals surface area contributed by atoms with Crippen LogP contribution in [0.3, 0.4) is 0 Å². The number of methoxy groups -OCH3 is 1. The van der Waals surface area contributed by atoms with Crippen LogP contribution in [0.5, 0.6) is 11.5 Å². The summed E-state index contributed by atoms with van der Waals surface area (Å²) in [5, 5.41) is 4.20. The number of anilines is 1. The highest BCUT2D eigenvalue weighted by Gasteiger charge is 2.12. The predicted molar refractivity (Wildman–Crippen MR) is 107 cm³/mol. The number of carbonyl (C=O) groups excluding carboxylic acids is 1. The number of nitrogens with one attached hydrogen (secondary N) is 1. The third-order valence-corrected chi connectivity index (χ3v) is 3.83. The van der Waals surface area contributed by atoms with Crippen LogP contribution in [0.15, 0.2) is 77.9 Å². The number of hydrazone groups is 1. The van der Waals surface area contributed by atoms with Crippen molar-refractivity contribution < 1.29 is 14.3 Å². The topological polar surface area (TPSA) is 59.9 Å². The zero-order valence-corrected chi connectivity index (χ0v) is 15.2. The van der Waals surface area contributed by atoms with Crippen LogP contribution in [0.25, 0.3) is 0 Å². The molecule has 0 aromatic heterocycles. The van der Waals surface area contributed by atoms with Crippen molar-refractivity contribution in [3.05, 3.63) is 89.5 Å². The van der Waals surface area contributed by atoms with Gasteiger partial charge in [0.05, 0.1) is 24.6 Å². The van der Waals surface area contributed by atoms with Crippen LogP contribution < -0.4 is 14.9 Å². The highest BCUT2D eigenvalue weighted by molar-refractivity contribution is 5.91. The van der Waals surface area contributed by atoms with Crippen LogP contribution in [-0.2, 0) is 0 Å². The Labute approximate surface area is 158 Å². The number of rotatable bonds is 6. The van der Waals surface area contributed by atoms with Crippen LogP contribution in [0.2, 0.25) is 0 Å². The second kappa shape index (κ2) is 8.67. The molecule has 3 aromatic carbocycles. The monoisotopic (exact) mass is 360 g/mol. The molecule has 1 N–H and O–H groups in total. The Morgan fingerprint density at radius 3 is 2.52 bits per heavy atom. The quantitative estimate of drug-likeness (QED) is 0.300. The number of hydrogen-bond donors (Lipinski definition) is 1. The van der Waals surface area contributed by atoms with E-state index in [0.29, 0.717) is 17.1 Å². The zero-order valence-electron chi connectivity index (χ0n) is 15.2. The smallest absolute Gasteiger partial charge is 0.343 e. The fourth-order valence-corrected chi connectivity index (χ4v) is 2.47. The van der Waals surface area contributed by atoms with Gasteiger partial charge in [0.25, 0.3) is 0 Å². The van der Waals surface area contributed by atoms with Gasteiger partial charge in [-0.1, -0.05) is 35.9 Å². The molecule has 0 atom stereocenters. The Hall–Kier alpha value is -3.60. The molecular weight excluding hydrogens is 340 g/mol. The molecule has 0 radical (unpaired) electrons. The number of benzene rings is 3. The van der Waals surface area contributed by atoms with Crippen molar-refractivity contribution in [2.45, 2.75) is 6.92 Å². The third-order valence-electron chi connectivity index (χ3n) is 3.83. The molecule has 0 heterocycles. The molecule has 5 nitrogen and oxygen atoms in total. The molecule has 136 valence electrons. The van der Waals surface area contributed by atoms with Crippen molar-refractivity contribution in [1.29, 1.82) is 0 Å². The summed E-state index contributed by atoms with van der Waals surface area (Å²) in [6.45, 7) is 1.93. The lowest BCUT2D eigenvalue weighted by Gasteiger charge is -2.10. The molecule has 0 aliphatic rings. The first kappa shape index (κ1) is 18.2. The molecule has 0 amide bonds. The number of esters is 1. The second-order valence-electron chi connectivity index (χ2n) is 5.91. The van der Waals surface area contributed by atoms with E-state index < -0.39 is 5.97 Å². The number of nitrogens with zero attached hydrogens (tertiary/aromatic N) is 1. The summed E-state index contributed by atoms with van der Waals surface area (Å²) in [5.74, 6) is 0.390. The molecule has 0 saturated heterocycles. The summed E-state index contributed by atoms with van der Waals surface area (Å²) in [7, 11) is 1.53. The van der Waals surface area contributed by atoms with E-state index in [-0.39, 0.29) is 0 Å². The van der Waals surface area contributed by atoms with Gasteiger partial charge in [0, 0.05) is 0 Å². The van der Waals surface area contributed by atoms with Crippen LogP contribution in [0.1, 0.15) is 21.5 Å². The van der Waals surface area contributed by atoms with Gasteiger partial charge in [-0.25, -0.2) is 4.79 Å². The van der Waals surface area contributed by atoms with Crippen molar-refractivity contribution in [3.8, 4) is 11.5 Å². The van der Waals surface area contributed by atoms with Gasteiger partial charge in [0.2, 0.25) is 0 Å². The fraction of sp³-hybridized carbons (Fsp3) is 0.0909. The normalized spacial score (nSPS) is 10.6. The van der Waals surface area contributed by atoms with Crippen LogP contribution >= 0.6 is 0 Å². The SMILES string of the molecule is COc1cc(C=NNc2ccccc2)ccc1OC(=O)c1cccc(C)c1. The highest BCUT2D eigenvalue weighted by Crippen LogP contribution is 2.28. The maximum Gasteiger partial charge on any atom is 0.343 e. The molecule has 0 fully saturated rings. The molecule has 3 aromatic rings. The fourth-order valence-electron chi connectivity index (χ4n) is 2.47. The number of ether oxygens (including phenoxy) is 2. The van der Waals surface area contributed by atoms with Crippen molar-refractivity contribution in [2.24, 2.45) is 5.10 Å². The molecule has 0 unspecified atom stereocenters. The maximum absolute atomic E-state index is 12.3. The first-order chi connectivity index (χ1) is 13.2. The van der Waals surface area contributed by atoms with Gasteiger partial charge in [-0.3, -0.25) is 5.43 Å². The minimum absolute atomic E-state index is 0.358. The molecule has 3 rings (SSSR count). The number of para-hydroxylation sites is 1. The number of aryl methyl sites for hydroxylation is 1. The Bertz CT molecular complexity index is 953. The van der Waals surface area contributed by atoms with Crippen molar-refractivity contribution in [2.75, 3.05) is 12.5 Å². The molecule has 0 spiro atoms. The molecule has 0 aliphatic carbocycles. The van der Waals surface area contributed by atoms with E-state index >= 15 is 0 Å². The molecule has 5 heteroatoms. The van der Waals surface area contributed by atoms with Gasteiger partial charge in [-0.15, -0.1) is 0 Å². The Morgan fingerprint density at radius 2 is 1.78 bits per heavy atom. The van der Waals surface area contributed by atoms with E-state index in [2.05, 4.69) is 10.5 Å². The van der Waals surface area contributed by atoms with Gasteiger partial charge in [-0.2, -0.15) is 5.10 Å². The first-order valence-electron chi connectivity index (χ1n) is 8.47. The van der Waals surface area contributed by atoms with E-state index in [1.165, 1.54) is 7.11 Å². The average molecular weight is 360 g/mol. The van der Waals surface area contributed by atoms with Crippen LogP contribution in [0.4, 0.5) is 5.69 Å². The van der Waals surface area contributed by atoms with E-state index in [1.54, 1.807) is 36.5 Å². The predicted octanol–water partition coefficient (Wildman–Crippen LogP) is 4.67. The summed E-state index contributed by atoms with van der Waals surface area (Å²) >= 11 is 0. The summed E-state index contributed by atoms with van der Waals surface area (Å²) in [5.41, 5.74) is 6.14. The number of hydrogen-bond acceptors (Lipinski definition) is 5. The lowest BCUT2D eigenvalue weighted by atomic mass is 10.1. The first-order valence-corrected chi connectivity index (χ1v) is 8.47. The average Bonchev–Trinajstić information content (AvgIpc) is 2.69. The van der Waals surface area contributed by atoms with Crippen LogP contribution in [-0.4, -0.2) is 19.3 Å². The molecule has 0 bridgehead atoms. The van der Waals surface area contributed by atoms with Gasteiger partial charge in [-0.05, 0) is 55.0 Å². The van der Waals surface area contributed by atoms with E-state index in [9.17, 15) is 4.79 Å². The van der Waals surface area contributed by atoms with E-state index in [4.69, 9.17) is 9.47 Å². The van der Waals surface area contributed by atoms with E-state index in [1.807, 2.05) is 49.4 Å².